The number of carbonyl (C=O) groups excluding carboxylic acids is 1. The Morgan fingerprint density at radius 3 is 2.55 bits per heavy atom. The molecule has 2 atom stereocenters. The van der Waals surface area contributed by atoms with Crippen LogP contribution in [-0.2, 0) is 23.8 Å². The molecule has 5 nitrogen and oxygen atoms in total. The summed E-state index contributed by atoms with van der Waals surface area (Å²) in [5, 5.41) is 19.3. The number of aliphatic hydroxyl groups is 1. The first-order chi connectivity index (χ1) is 15.6. The van der Waals surface area contributed by atoms with Crippen LogP contribution in [0.1, 0.15) is 46.3 Å². The topological polar surface area (TPSA) is 77.8 Å². The van der Waals surface area contributed by atoms with Gasteiger partial charge in [0.05, 0.1) is 23.3 Å². The summed E-state index contributed by atoms with van der Waals surface area (Å²) < 4.78 is 38.7. The van der Waals surface area contributed by atoms with Gasteiger partial charge >= 0.3 is 12.1 Å². The molecule has 1 aliphatic heterocycles. The molecule has 1 heterocycles. The number of carbonyl (C=O) groups is 2. The second kappa shape index (κ2) is 10.7. The number of carboxylic acid groups (broad SMARTS) is 1. The molecule has 0 bridgehead atoms. The molecule has 1 saturated heterocycles. The average Bonchev–Trinajstić information content (AvgIpc) is 2.77. The number of carboxylic acids is 1. The summed E-state index contributed by atoms with van der Waals surface area (Å²) in [7, 11) is 0. The first-order valence-corrected chi connectivity index (χ1v) is 10.8. The molecule has 1 fully saturated rings. The normalized spacial score (nSPS) is 18.0. The van der Waals surface area contributed by atoms with E-state index in [1.165, 1.54) is 24.3 Å². The number of nitrogens with zero attached hydrogens (tertiary/aromatic N) is 1. The van der Waals surface area contributed by atoms with Crippen LogP contribution in [0.5, 0.6) is 0 Å². The van der Waals surface area contributed by atoms with Crippen molar-refractivity contribution in [1.29, 1.82) is 0 Å². The Morgan fingerprint density at radius 2 is 1.88 bits per heavy atom. The van der Waals surface area contributed by atoms with E-state index in [0.29, 0.717) is 24.9 Å². The van der Waals surface area contributed by atoms with Gasteiger partial charge < -0.3 is 15.1 Å². The predicted molar refractivity (Wildman–Crippen MR) is 117 cm³/mol. The number of hydrogen-bond acceptors (Lipinski definition) is 3. The Hall–Kier alpha value is -3.13. The van der Waals surface area contributed by atoms with Crippen LogP contribution in [0.25, 0.3) is 0 Å². The third kappa shape index (κ3) is 6.92. The Kier molecular flexibility index (Phi) is 7.92. The van der Waals surface area contributed by atoms with Gasteiger partial charge in [-0.05, 0) is 48.6 Å². The van der Waals surface area contributed by atoms with Gasteiger partial charge in [0.15, 0.2) is 0 Å². The third-order valence-corrected chi connectivity index (χ3v) is 5.71. The lowest BCUT2D eigenvalue weighted by molar-refractivity contribution is -0.137. The summed E-state index contributed by atoms with van der Waals surface area (Å²) in [6, 6.07) is 11.2. The first-order valence-electron chi connectivity index (χ1n) is 10.8. The number of aliphatic hydroxyl groups excluding tert-OH is 1. The fourth-order valence-electron chi connectivity index (χ4n) is 3.94. The van der Waals surface area contributed by atoms with E-state index in [9.17, 15) is 27.9 Å². The van der Waals surface area contributed by atoms with Crippen LogP contribution in [0.4, 0.5) is 13.2 Å². The first kappa shape index (κ1) is 24.5. The lowest BCUT2D eigenvalue weighted by atomic mass is 9.98. The molecule has 2 aromatic carbocycles. The molecule has 1 amide bonds. The van der Waals surface area contributed by atoms with Gasteiger partial charge in [-0.25, -0.2) is 4.79 Å². The fourth-order valence-corrected chi connectivity index (χ4v) is 3.94. The van der Waals surface area contributed by atoms with Crippen molar-refractivity contribution in [2.45, 2.75) is 50.4 Å². The smallest absolute Gasteiger partial charge is 0.416 e. The molecule has 33 heavy (non-hydrogen) atoms. The Bertz CT molecular complexity index is 1000. The van der Waals surface area contributed by atoms with Crippen LogP contribution < -0.4 is 0 Å². The Balaban J connectivity index is 1.61. The highest BCUT2D eigenvalue weighted by Crippen LogP contribution is 2.30. The van der Waals surface area contributed by atoms with E-state index in [-0.39, 0.29) is 23.9 Å². The molecule has 3 rings (SSSR count). The molecular weight excluding hydrogens is 435 g/mol. The molecule has 0 aliphatic carbocycles. The number of amides is 1. The molecule has 0 spiro atoms. The zero-order valence-corrected chi connectivity index (χ0v) is 18.0. The number of hydrogen-bond donors (Lipinski definition) is 2. The van der Waals surface area contributed by atoms with Crippen LogP contribution in [0.3, 0.4) is 0 Å². The lowest BCUT2D eigenvalue weighted by Crippen LogP contribution is -2.43. The van der Waals surface area contributed by atoms with Crippen LogP contribution in [0.15, 0.2) is 60.7 Å². The highest BCUT2D eigenvalue weighted by molar-refractivity contribution is 5.87. The van der Waals surface area contributed by atoms with E-state index >= 15 is 0 Å². The highest BCUT2D eigenvalue weighted by Gasteiger charge is 2.30. The quantitative estimate of drug-likeness (QED) is 0.568. The lowest BCUT2D eigenvalue weighted by Gasteiger charge is -2.34. The molecule has 0 radical (unpaired) electrons. The molecule has 176 valence electrons. The highest BCUT2D eigenvalue weighted by atomic mass is 19.4. The van der Waals surface area contributed by atoms with Gasteiger partial charge in [-0.1, -0.05) is 42.5 Å². The SMILES string of the molecule is O=C(O)c1ccc(CCN2C(=O)CCC[C@@H]2C=CC(O)Cc2cccc(C(F)(F)F)c2)cc1. The van der Waals surface area contributed by atoms with Crippen LogP contribution >= 0.6 is 0 Å². The largest absolute Gasteiger partial charge is 0.478 e. The number of piperidine rings is 1. The summed E-state index contributed by atoms with van der Waals surface area (Å²) in [5.74, 6) is -0.993. The summed E-state index contributed by atoms with van der Waals surface area (Å²) in [4.78, 5) is 25.2. The van der Waals surface area contributed by atoms with E-state index < -0.39 is 23.8 Å². The van der Waals surface area contributed by atoms with Crippen molar-refractivity contribution < 1.29 is 33.0 Å². The van der Waals surface area contributed by atoms with Crippen molar-refractivity contribution in [2.24, 2.45) is 0 Å². The van der Waals surface area contributed by atoms with E-state index in [1.54, 1.807) is 29.2 Å². The van der Waals surface area contributed by atoms with Gasteiger partial charge in [0.2, 0.25) is 5.91 Å². The molecular formula is C25H26F3NO4. The van der Waals surface area contributed by atoms with Crippen LogP contribution in [0, 0.1) is 0 Å². The number of benzene rings is 2. The van der Waals surface area contributed by atoms with Crippen molar-refractivity contribution >= 4 is 11.9 Å². The number of halogens is 3. The maximum atomic E-state index is 12.9. The minimum atomic E-state index is -4.44. The van der Waals surface area contributed by atoms with Crippen molar-refractivity contribution in [3.8, 4) is 0 Å². The monoisotopic (exact) mass is 461 g/mol. The summed E-state index contributed by atoms with van der Waals surface area (Å²) in [6.07, 6.45) is 0.373. The zero-order chi connectivity index (χ0) is 24.0. The second-order valence-corrected chi connectivity index (χ2v) is 8.15. The predicted octanol–water partition coefficient (Wildman–Crippen LogP) is 4.49. The van der Waals surface area contributed by atoms with Crippen molar-refractivity contribution in [3.05, 3.63) is 82.9 Å². The Labute approximate surface area is 190 Å². The molecule has 2 aromatic rings. The molecule has 0 saturated carbocycles. The van der Waals surface area contributed by atoms with E-state index in [1.807, 2.05) is 0 Å². The van der Waals surface area contributed by atoms with Gasteiger partial charge in [0.25, 0.3) is 0 Å². The standard InChI is InChI=1S/C25H26F3NO4/c26-25(27,28)20-4-1-3-18(15-20)16-22(30)12-11-21-5-2-6-23(31)29(21)14-13-17-7-9-19(10-8-17)24(32)33/h1,3-4,7-12,15,21-22,30H,2,5-6,13-14,16H2,(H,32,33)/t21-,22?/m1/s1. The van der Waals surface area contributed by atoms with Gasteiger partial charge in [-0.15, -0.1) is 0 Å². The van der Waals surface area contributed by atoms with Crippen molar-refractivity contribution in [3.63, 3.8) is 0 Å². The molecule has 8 heteroatoms. The minimum absolute atomic E-state index is 0.00502. The van der Waals surface area contributed by atoms with Crippen LogP contribution in [0.2, 0.25) is 0 Å². The van der Waals surface area contributed by atoms with Crippen molar-refractivity contribution in [1.82, 2.24) is 4.90 Å². The fraction of sp³-hybridized carbons (Fsp3) is 0.360. The van der Waals surface area contributed by atoms with E-state index in [4.69, 9.17) is 5.11 Å². The molecule has 2 N–H and O–H groups in total. The average molecular weight is 461 g/mol. The summed E-state index contributed by atoms with van der Waals surface area (Å²) in [5.41, 5.74) is 0.731. The number of rotatable bonds is 8. The van der Waals surface area contributed by atoms with Gasteiger partial charge in [0, 0.05) is 19.4 Å². The van der Waals surface area contributed by atoms with Crippen molar-refractivity contribution in [2.75, 3.05) is 6.54 Å². The second-order valence-electron chi connectivity index (χ2n) is 8.15. The summed E-state index contributed by atoms with van der Waals surface area (Å²) in [6.45, 7) is 0.448. The van der Waals surface area contributed by atoms with E-state index in [0.717, 1.165) is 30.5 Å². The number of alkyl halides is 3. The van der Waals surface area contributed by atoms with Gasteiger partial charge in [-0.3, -0.25) is 4.79 Å². The molecule has 0 aromatic heterocycles. The molecule has 1 unspecified atom stereocenters. The maximum Gasteiger partial charge on any atom is 0.416 e. The number of aromatic carboxylic acids is 1. The van der Waals surface area contributed by atoms with E-state index in [2.05, 4.69) is 0 Å². The van der Waals surface area contributed by atoms with Gasteiger partial charge in [0.1, 0.15) is 0 Å². The Morgan fingerprint density at radius 1 is 1.15 bits per heavy atom. The van der Waals surface area contributed by atoms with Gasteiger partial charge in [-0.2, -0.15) is 13.2 Å². The van der Waals surface area contributed by atoms with Crippen LogP contribution in [-0.4, -0.2) is 45.7 Å². The third-order valence-electron chi connectivity index (χ3n) is 5.71. The zero-order valence-electron chi connectivity index (χ0n) is 18.0. The number of likely N-dealkylation sites (tertiary alicyclic amines) is 1. The summed E-state index contributed by atoms with van der Waals surface area (Å²) >= 11 is 0. The molecule has 1 aliphatic rings. The maximum absolute atomic E-state index is 12.9. The minimum Gasteiger partial charge on any atom is -0.478 e.